The van der Waals surface area contributed by atoms with Gasteiger partial charge in [0.05, 0.1) is 23.4 Å². The lowest BCUT2D eigenvalue weighted by atomic mass is 10.2. The highest BCUT2D eigenvalue weighted by Gasteiger charge is 2.11. The average molecular weight is 204 g/mol. The summed E-state index contributed by atoms with van der Waals surface area (Å²) in [5, 5.41) is -0.194. The van der Waals surface area contributed by atoms with Crippen LogP contribution in [0.5, 0.6) is 0 Å². The largest absolute Gasteiger partial charge is 0.465 e. The Kier molecular flexibility index (Phi) is 2.72. The van der Waals surface area contributed by atoms with E-state index in [2.05, 4.69) is 4.74 Å². The van der Waals surface area contributed by atoms with Gasteiger partial charge in [0.2, 0.25) is 0 Å². The number of carbonyl (C=O) groups excluding carboxylic acids is 1. The van der Waals surface area contributed by atoms with Crippen LogP contribution in [0.3, 0.4) is 0 Å². The number of esters is 1. The van der Waals surface area contributed by atoms with Gasteiger partial charge in [-0.05, 0) is 12.1 Å². The summed E-state index contributed by atoms with van der Waals surface area (Å²) in [5.74, 6) is -1.33. The second-order valence-corrected chi connectivity index (χ2v) is 2.76. The van der Waals surface area contributed by atoms with Crippen LogP contribution in [0.1, 0.15) is 10.4 Å². The number of nitrogen functional groups attached to an aromatic ring is 1. The van der Waals surface area contributed by atoms with Gasteiger partial charge < -0.3 is 10.5 Å². The molecule has 0 aliphatic carbocycles. The molecule has 0 bridgehead atoms. The van der Waals surface area contributed by atoms with Crippen molar-refractivity contribution in [3.8, 4) is 0 Å². The van der Waals surface area contributed by atoms with Gasteiger partial charge in [-0.25, -0.2) is 9.18 Å². The zero-order chi connectivity index (χ0) is 10.0. The number of halogens is 2. The van der Waals surface area contributed by atoms with Crippen molar-refractivity contribution < 1.29 is 13.9 Å². The number of anilines is 1. The number of hydrogen-bond donors (Lipinski definition) is 1. The lowest BCUT2D eigenvalue weighted by Crippen LogP contribution is -2.03. The first kappa shape index (κ1) is 9.80. The highest BCUT2D eigenvalue weighted by molar-refractivity contribution is 6.31. The first-order chi connectivity index (χ1) is 6.06. The van der Waals surface area contributed by atoms with Crippen LogP contribution < -0.4 is 5.73 Å². The molecule has 0 heterocycles. The summed E-state index contributed by atoms with van der Waals surface area (Å²) < 4.78 is 17.3. The molecule has 1 rings (SSSR count). The van der Waals surface area contributed by atoms with Gasteiger partial charge in [-0.2, -0.15) is 0 Å². The Morgan fingerprint density at radius 2 is 2.23 bits per heavy atom. The third kappa shape index (κ3) is 1.89. The maximum Gasteiger partial charge on any atom is 0.337 e. The number of hydrogen-bond acceptors (Lipinski definition) is 3. The van der Waals surface area contributed by atoms with Crippen LogP contribution in [-0.4, -0.2) is 13.1 Å². The fourth-order valence-electron chi connectivity index (χ4n) is 0.846. The summed E-state index contributed by atoms with van der Waals surface area (Å²) in [6.45, 7) is 0. The van der Waals surface area contributed by atoms with Crippen LogP contribution >= 0.6 is 11.6 Å². The molecule has 70 valence electrons. The quantitative estimate of drug-likeness (QED) is 0.560. The minimum atomic E-state index is -0.727. The highest BCUT2D eigenvalue weighted by atomic mass is 35.5. The molecule has 0 saturated carbocycles. The van der Waals surface area contributed by atoms with Crippen molar-refractivity contribution in [3.05, 3.63) is 28.5 Å². The maximum absolute atomic E-state index is 12.9. The summed E-state index contributed by atoms with van der Waals surface area (Å²) in [7, 11) is 1.22. The van der Waals surface area contributed by atoms with Crippen molar-refractivity contribution >= 4 is 23.3 Å². The summed E-state index contributed by atoms with van der Waals surface area (Å²) in [4.78, 5) is 11.0. The lowest BCUT2D eigenvalue weighted by molar-refractivity contribution is 0.0601. The Hall–Kier alpha value is -1.29. The summed E-state index contributed by atoms with van der Waals surface area (Å²) in [5.41, 5.74) is 5.20. The van der Waals surface area contributed by atoms with E-state index in [9.17, 15) is 9.18 Å². The van der Waals surface area contributed by atoms with Gasteiger partial charge in [0, 0.05) is 0 Å². The number of benzene rings is 1. The smallest absolute Gasteiger partial charge is 0.337 e. The van der Waals surface area contributed by atoms with E-state index in [1.165, 1.54) is 19.2 Å². The van der Waals surface area contributed by atoms with E-state index in [1.54, 1.807) is 0 Å². The molecular formula is C8H7ClFNO2. The highest BCUT2D eigenvalue weighted by Crippen LogP contribution is 2.22. The molecule has 0 radical (unpaired) electrons. The summed E-state index contributed by atoms with van der Waals surface area (Å²) in [6.07, 6.45) is 0. The summed E-state index contributed by atoms with van der Waals surface area (Å²) in [6, 6.07) is 2.34. The number of carbonyl (C=O) groups is 1. The predicted octanol–water partition coefficient (Wildman–Crippen LogP) is 1.85. The molecule has 0 spiro atoms. The Bertz CT molecular complexity index is 331. The normalized spacial score (nSPS) is 9.77. The SMILES string of the molecule is COC(=O)c1cc(N)c(F)c(Cl)c1. The molecule has 1 aromatic rings. The van der Waals surface area contributed by atoms with E-state index in [-0.39, 0.29) is 16.3 Å². The molecule has 0 aliphatic heterocycles. The van der Waals surface area contributed by atoms with Crippen molar-refractivity contribution in [2.75, 3.05) is 12.8 Å². The predicted molar refractivity (Wildman–Crippen MR) is 47.2 cm³/mol. The second kappa shape index (κ2) is 3.62. The number of methoxy groups -OCH3 is 1. The van der Waals surface area contributed by atoms with Gasteiger partial charge in [0.25, 0.3) is 0 Å². The molecule has 0 aromatic heterocycles. The molecule has 1 aromatic carbocycles. The number of ether oxygens (including phenoxy) is 1. The first-order valence-corrected chi connectivity index (χ1v) is 3.77. The van der Waals surface area contributed by atoms with E-state index < -0.39 is 11.8 Å². The van der Waals surface area contributed by atoms with Crippen LogP contribution in [0.15, 0.2) is 12.1 Å². The van der Waals surface area contributed by atoms with Crippen LogP contribution in [0.25, 0.3) is 0 Å². The van der Waals surface area contributed by atoms with Gasteiger partial charge in [0.15, 0.2) is 5.82 Å². The Balaban J connectivity index is 3.20. The van der Waals surface area contributed by atoms with E-state index in [4.69, 9.17) is 17.3 Å². The van der Waals surface area contributed by atoms with E-state index in [1.807, 2.05) is 0 Å². The molecule has 13 heavy (non-hydrogen) atoms. The molecule has 3 nitrogen and oxygen atoms in total. The maximum atomic E-state index is 12.9. The van der Waals surface area contributed by atoms with Crippen LogP contribution in [0, 0.1) is 5.82 Å². The molecule has 0 amide bonds. The Morgan fingerprint density at radius 3 is 2.69 bits per heavy atom. The van der Waals surface area contributed by atoms with Gasteiger partial charge in [-0.3, -0.25) is 0 Å². The molecule has 2 N–H and O–H groups in total. The Labute approximate surface area is 79.2 Å². The lowest BCUT2D eigenvalue weighted by Gasteiger charge is -2.03. The minimum Gasteiger partial charge on any atom is -0.465 e. The van der Waals surface area contributed by atoms with Gasteiger partial charge in [-0.15, -0.1) is 0 Å². The van der Waals surface area contributed by atoms with E-state index in [0.717, 1.165) is 0 Å². The van der Waals surface area contributed by atoms with Crippen molar-refractivity contribution in [2.24, 2.45) is 0 Å². The van der Waals surface area contributed by atoms with Crippen LogP contribution in [0.4, 0.5) is 10.1 Å². The second-order valence-electron chi connectivity index (χ2n) is 2.35. The fraction of sp³-hybridized carbons (Fsp3) is 0.125. The van der Waals surface area contributed by atoms with Gasteiger partial charge in [-0.1, -0.05) is 11.6 Å². The zero-order valence-corrected chi connectivity index (χ0v) is 7.56. The van der Waals surface area contributed by atoms with Crippen molar-refractivity contribution in [3.63, 3.8) is 0 Å². The number of rotatable bonds is 1. The molecule has 0 fully saturated rings. The average Bonchev–Trinajstić information content (AvgIpc) is 2.12. The van der Waals surface area contributed by atoms with Crippen molar-refractivity contribution in [1.29, 1.82) is 0 Å². The van der Waals surface area contributed by atoms with E-state index in [0.29, 0.717) is 0 Å². The van der Waals surface area contributed by atoms with Crippen LogP contribution in [-0.2, 0) is 4.74 Å². The Morgan fingerprint density at radius 1 is 1.62 bits per heavy atom. The minimum absolute atomic E-state index is 0.131. The molecule has 0 atom stereocenters. The van der Waals surface area contributed by atoms with Gasteiger partial charge in [0.1, 0.15) is 0 Å². The third-order valence-corrected chi connectivity index (χ3v) is 1.75. The van der Waals surface area contributed by atoms with Gasteiger partial charge >= 0.3 is 5.97 Å². The fourth-order valence-corrected chi connectivity index (χ4v) is 1.07. The molecule has 5 heteroatoms. The molecular weight excluding hydrogens is 197 g/mol. The third-order valence-electron chi connectivity index (χ3n) is 1.48. The molecule has 0 aliphatic rings. The van der Waals surface area contributed by atoms with Crippen LogP contribution in [0.2, 0.25) is 5.02 Å². The van der Waals surface area contributed by atoms with E-state index >= 15 is 0 Å². The zero-order valence-electron chi connectivity index (χ0n) is 6.80. The van der Waals surface area contributed by atoms with Crippen molar-refractivity contribution in [1.82, 2.24) is 0 Å². The first-order valence-electron chi connectivity index (χ1n) is 3.39. The number of nitrogens with two attached hydrogens (primary N) is 1. The summed E-state index contributed by atoms with van der Waals surface area (Å²) >= 11 is 5.46. The molecule has 0 unspecified atom stereocenters. The topological polar surface area (TPSA) is 52.3 Å². The van der Waals surface area contributed by atoms with Crippen molar-refractivity contribution in [2.45, 2.75) is 0 Å². The monoisotopic (exact) mass is 203 g/mol. The standard InChI is InChI=1S/C8H7ClFNO2/c1-13-8(12)4-2-5(9)7(10)6(11)3-4/h2-3H,11H2,1H3. The molecule has 0 saturated heterocycles.